The molecule has 2 aromatic carbocycles. The highest BCUT2D eigenvalue weighted by Crippen LogP contribution is 2.29. The van der Waals surface area contributed by atoms with Crippen molar-refractivity contribution in [1.82, 2.24) is 10.2 Å². The molecule has 1 atom stereocenters. The largest absolute Gasteiger partial charge is 0.366 e. The van der Waals surface area contributed by atoms with Crippen LogP contribution in [0.15, 0.2) is 54.6 Å². The predicted octanol–water partition coefficient (Wildman–Crippen LogP) is 1.75. The van der Waals surface area contributed by atoms with Gasteiger partial charge in [0.25, 0.3) is 5.91 Å². The van der Waals surface area contributed by atoms with E-state index in [9.17, 15) is 14.4 Å². The van der Waals surface area contributed by atoms with Crippen molar-refractivity contribution in [2.24, 2.45) is 5.73 Å². The molecule has 0 aromatic heterocycles. The molecule has 1 unspecified atom stereocenters. The number of urea groups is 1. The first-order valence-corrected chi connectivity index (χ1v) is 7.50. The van der Waals surface area contributed by atoms with E-state index in [0.29, 0.717) is 5.56 Å². The number of hydrogen-bond donors (Lipinski definition) is 2. The van der Waals surface area contributed by atoms with Gasteiger partial charge >= 0.3 is 6.03 Å². The van der Waals surface area contributed by atoms with Gasteiger partial charge in [-0.2, -0.15) is 0 Å². The highest BCUT2D eigenvalue weighted by atomic mass is 16.2. The van der Waals surface area contributed by atoms with Crippen LogP contribution >= 0.6 is 0 Å². The van der Waals surface area contributed by atoms with Gasteiger partial charge in [0.1, 0.15) is 5.54 Å². The van der Waals surface area contributed by atoms with Crippen molar-refractivity contribution in [3.05, 3.63) is 71.3 Å². The van der Waals surface area contributed by atoms with Crippen LogP contribution < -0.4 is 11.1 Å². The summed E-state index contributed by atoms with van der Waals surface area (Å²) in [4.78, 5) is 37.3. The van der Waals surface area contributed by atoms with Gasteiger partial charge in [0.15, 0.2) is 0 Å². The van der Waals surface area contributed by atoms with Crippen LogP contribution in [0.2, 0.25) is 0 Å². The fourth-order valence-corrected chi connectivity index (χ4v) is 2.76. The topological polar surface area (TPSA) is 92.5 Å². The van der Waals surface area contributed by atoms with Gasteiger partial charge in [0.2, 0.25) is 5.91 Å². The summed E-state index contributed by atoms with van der Waals surface area (Å²) in [6.07, 6.45) is 0. The lowest BCUT2D eigenvalue weighted by atomic mass is 9.92. The van der Waals surface area contributed by atoms with Crippen LogP contribution in [0.4, 0.5) is 4.79 Å². The van der Waals surface area contributed by atoms with Crippen molar-refractivity contribution in [2.75, 3.05) is 0 Å². The van der Waals surface area contributed by atoms with Gasteiger partial charge in [-0.25, -0.2) is 4.79 Å². The van der Waals surface area contributed by atoms with Crippen LogP contribution in [0.3, 0.4) is 0 Å². The standard InChI is InChI=1S/C18H17N3O3/c1-18(14-5-3-2-4-6-14)16(23)21(17(24)20-18)11-12-7-9-13(10-8-12)15(19)22/h2-10H,11H2,1H3,(H2,19,22)(H,20,24). The van der Waals surface area contributed by atoms with Gasteiger partial charge in [-0.3, -0.25) is 14.5 Å². The lowest BCUT2D eigenvalue weighted by Gasteiger charge is -2.22. The Labute approximate surface area is 139 Å². The zero-order chi connectivity index (χ0) is 17.3. The van der Waals surface area contributed by atoms with Gasteiger partial charge in [0.05, 0.1) is 6.54 Å². The van der Waals surface area contributed by atoms with Crippen LogP contribution in [0.1, 0.15) is 28.4 Å². The number of hydrogen-bond acceptors (Lipinski definition) is 3. The van der Waals surface area contributed by atoms with E-state index >= 15 is 0 Å². The molecule has 0 bridgehead atoms. The molecule has 24 heavy (non-hydrogen) atoms. The van der Waals surface area contributed by atoms with E-state index in [1.165, 1.54) is 4.90 Å². The van der Waals surface area contributed by atoms with E-state index in [-0.39, 0.29) is 12.5 Å². The summed E-state index contributed by atoms with van der Waals surface area (Å²) < 4.78 is 0. The minimum absolute atomic E-state index is 0.131. The molecule has 1 aliphatic heterocycles. The van der Waals surface area contributed by atoms with E-state index in [1.54, 1.807) is 31.2 Å². The molecule has 1 aliphatic rings. The lowest BCUT2D eigenvalue weighted by Crippen LogP contribution is -2.40. The van der Waals surface area contributed by atoms with Crippen LogP contribution in [0.5, 0.6) is 0 Å². The summed E-state index contributed by atoms with van der Waals surface area (Å²) in [6, 6.07) is 15.2. The van der Waals surface area contributed by atoms with Gasteiger partial charge in [-0.1, -0.05) is 42.5 Å². The number of carbonyl (C=O) groups is 3. The van der Waals surface area contributed by atoms with E-state index in [1.807, 2.05) is 30.3 Å². The van der Waals surface area contributed by atoms with Crippen molar-refractivity contribution in [2.45, 2.75) is 19.0 Å². The van der Waals surface area contributed by atoms with Crippen molar-refractivity contribution in [3.8, 4) is 0 Å². The molecule has 0 spiro atoms. The molecule has 3 rings (SSSR count). The summed E-state index contributed by atoms with van der Waals surface area (Å²) in [5, 5.41) is 2.76. The monoisotopic (exact) mass is 323 g/mol. The number of primary amides is 1. The molecule has 0 aliphatic carbocycles. The average molecular weight is 323 g/mol. The number of amides is 4. The van der Waals surface area contributed by atoms with E-state index in [2.05, 4.69) is 5.32 Å². The maximum atomic E-state index is 12.8. The zero-order valence-electron chi connectivity index (χ0n) is 13.2. The molecular weight excluding hydrogens is 306 g/mol. The Balaban J connectivity index is 1.83. The Hall–Kier alpha value is -3.15. The number of nitrogens with one attached hydrogen (secondary N) is 1. The molecule has 2 aromatic rings. The third kappa shape index (κ3) is 2.62. The van der Waals surface area contributed by atoms with E-state index in [0.717, 1.165) is 11.1 Å². The highest BCUT2D eigenvalue weighted by molar-refractivity contribution is 6.07. The van der Waals surface area contributed by atoms with Crippen LogP contribution in [0.25, 0.3) is 0 Å². The molecular formula is C18H17N3O3. The Morgan fingerprint density at radius 2 is 1.71 bits per heavy atom. The van der Waals surface area contributed by atoms with Crippen molar-refractivity contribution >= 4 is 17.8 Å². The molecule has 122 valence electrons. The summed E-state index contributed by atoms with van der Waals surface area (Å²) in [6.45, 7) is 1.82. The van der Waals surface area contributed by atoms with E-state index < -0.39 is 17.5 Å². The molecule has 3 N–H and O–H groups in total. The third-order valence-electron chi connectivity index (χ3n) is 4.21. The predicted molar refractivity (Wildman–Crippen MR) is 87.8 cm³/mol. The molecule has 4 amide bonds. The number of benzene rings is 2. The van der Waals surface area contributed by atoms with Crippen LogP contribution in [0, 0.1) is 0 Å². The van der Waals surface area contributed by atoms with Gasteiger partial charge in [-0.15, -0.1) is 0 Å². The number of nitrogens with two attached hydrogens (primary N) is 1. The molecule has 6 nitrogen and oxygen atoms in total. The maximum Gasteiger partial charge on any atom is 0.325 e. The van der Waals surface area contributed by atoms with Gasteiger partial charge < -0.3 is 11.1 Å². The van der Waals surface area contributed by atoms with E-state index in [4.69, 9.17) is 5.73 Å². The van der Waals surface area contributed by atoms with Gasteiger partial charge in [0, 0.05) is 5.56 Å². The quantitative estimate of drug-likeness (QED) is 0.840. The van der Waals surface area contributed by atoms with Gasteiger partial charge in [-0.05, 0) is 30.2 Å². The lowest BCUT2D eigenvalue weighted by molar-refractivity contribution is -0.131. The molecule has 6 heteroatoms. The SMILES string of the molecule is CC1(c2ccccc2)NC(=O)N(Cc2ccc(C(N)=O)cc2)C1=O. The maximum absolute atomic E-state index is 12.8. The molecule has 1 fully saturated rings. The van der Waals surface area contributed by atoms with Crippen LogP contribution in [-0.2, 0) is 16.9 Å². The zero-order valence-corrected chi connectivity index (χ0v) is 13.2. The first-order valence-electron chi connectivity index (χ1n) is 7.50. The first kappa shape index (κ1) is 15.7. The number of imide groups is 1. The summed E-state index contributed by atoms with van der Waals surface area (Å²) >= 11 is 0. The Kier molecular flexibility index (Phi) is 3.81. The van der Waals surface area contributed by atoms with Crippen molar-refractivity contribution < 1.29 is 14.4 Å². The average Bonchev–Trinajstić information content (AvgIpc) is 2.80. The third-order valence-corrected chi connectivity index (χ3v) is 4.21. The summed E-state index contributed by atoms with van der Waals surface area (Å²) in [5.41, 5.74) is 5.97. The number of carbonyl (C=O) groups excluding carboxylic acids is 3. The smallest absolute Gasteiger partial charge is 0.325 e. The number of nitrogens with zero attached hydrogens (tertiary/aromatic N) is 1. The first-order chi connectivity index (χ1) is 11.4. The molecule has 1 heterocycles. The molecule has 0 saturated carbocycles. The normalized spacial score (nSPS) is 20.1. The van der Waals surface area contributed by atoms with Crippen molar-refractivity contribution in [3.63, 3.8) is 0 Å². The second kappa shape index (κ2) is 5.81. The Bertz CT molecular complexity index is 802. The van der Waals surface area contributed by atoms with Crippen molar-refractivity contribution in [1.29, 1.82) is 0 Å². The minimum atomic E-state index is -1.08. The fourth-order valence-electron chi connectivity index (χ4n) is 2.76. The fraction of sp³-hybridized carbons (Fsp3) is 0.167. The highest BCUT2D eigenvalue weighted by Gasteiger charge is 2.48. The second-order valence-electron chi connectivity index (χ2n) is 5.87. The Morgan fingerprint density at radius 1 is 1.08 bits per heavy atom. The van der Waals surface area contributed by atoms with Crippen LogP contribution in [-0.4, -0.2) is 22.7 Å². The number of rotatable bonds is 4. The minimum Gasteiger partial charge on any atom is -0.366 e. The molecule has 0 radical (unpaired) electrons. The second-order valence-corrected chi connectivity index (χ2v) is 5.87. The Morgan fingerprint density at radius 3 is 2.29 bits per heavy atom. The summed E-state index contributed by atoms with van der Waals surface area (Å²) in [5.74, 6) is -0.828. The molecule has 1 saturated heterocycles. The summed E-state index contributed by atoms with van der Waals surface area (Å²) in [7, 11) is 0.